The minimum Gasteiger partial charge on any atom is -0.494 e. The van der Waals surface area contributed by atoms with Crippen LogP contribution < -0.4 is 10.1 Å². The van der Waals surface area contributed by atoms with Gasteiger partial charge < -0.3 is 15.0 Å². The van der Waals surface area contributed by atoms with Crippen LogP contribution in [0.3, 0.4) is 0 Å². The van der Waals surface area contributed by atoms with Gasteiger partial charge in [-0.2, -0.15) is 0 Å². The Kier molecular flexibility index (Phi) is 5.64. The van der Waals surface area contributed by atoms with Gasteiger partial charge in [-0.3, -0.25) is 9.69 Å². The summed E-state index contributed by atoms with van der Waals surface area (Å²) >= 11 is 0. The molecule has 0 saturated carbocycles. The topological polar surface area (TPSA) is 44.8 Å². The number of hydrogen-bond donors (Lipinski definition) is 1. The van der Waals surface area contributed by atoms with E-state index in [9.17, 15) is 9.18 Å². The Morgan fingerprint density at radius 2 is 1.89 bits per heavy atom. The highest BCUT2D eigenvalue weighted by Gasteiger charge is 2.35. The molecule has 1 N–H and O–H groups in total. The number of ether oxygens (including phenoxy) is 1. The van der Waals surface area contributed by atoms with E-state index >= 15 is 0 Å². The van der Waals surface area contributed by atoms with Gasteiger partial charge in [-0.15, -0.1) is 0 Å². The van der Waals surface area contributed by atoms with Gasteiger partial charge in [0.15, 0.2) is 11.6 Å². The van der Waals surface area contributed by atoms with Gasteiger partial charge in [0.2, 0.25) is 5.91 Å². The van der Waals surface area contributed by atoms with E-state index in [0.29, 0.717) is 36.9 Å². The molecule has 1 aromatic rings. The van der Waals surface area contributed by atoms with E-state index in [1.165, 1.54) is 20.0 Å². The van der Waals surface area contributed by atoms with Gasteiger partial charge >= 0.3 is 0 Å². The molecule has 6 heteroatoms. The predicted octanol–water partition coefficient (Wildman–Crippen LogP) is 2.40. The third-order valence-electron chi connectivity index (χ3n) is 6.38. The lowest BCUT2D eigenvalue weighted by atomic mass is 9.89. The molecule has 3 saturated heterocycles. The molecular weight excluding hydrogens is 345 g/mol. The second-order valence-electron chi connectivity index (χ2n) is 8.31. The molecule has 3 aliphatic heterocycles. The Bertz CT molecular complexity index is 663. The quantitative estimate of drug-likeness (QED) is 0.858. The highest BCUT2D eigenvalue weighted by molar-refractivity contribution is 5.76. The smallest absolute Gasteiger partial charge is 0.222 e. The maximum atomic E-state index is 13.9. The minimum atomic E-state index is -0.320. The summed E-state index contributed by atoms with van der Waals surface area (Å²) in [5.41, 5.74) is 0.943. The molecule has 3 aliphatic rings. The summed E-state index contributed by atoms with van der Waals surface area (Å²) in [4.78, 5) is 17.0. The van der Waals surface area contributed by atoms with Crippen molar-refractivity contribution < 1.29 is 13.9 Å². The largest absolute Gasteiger partial charge is 0.494 e. The van der Waals surface area contributed by atoms with Crippen molar-refractivity contribution in [3.8, 4) is 5.75 Å². The highest BCUT2D eigenvalue weighted by Crippen LogP contribution is 2.33. The first-order chi connectivity index (χ1) is 13.1. The van der Waals surface area contributed by atoms with Gasteiger partial charge in [-0.1, -0.05) is 6.07 Å². The number of fused-ring (bicyclic) bond motifs is 2. The predicted molar refractivity (Wildman–Crippen MR) is 102 cm³/mol. The Hall–Kier alpha value is -1.66. The van der Waals surface area contributed by atoms with Crippen molar-refractivity contribution in [2.24, 2.45) is 5.92 Å². The molecule has 2 bridgehead atoms. The number of nitrogens with zero attached hydrogens (tertiary/aromatic N) is 2. The van der Waals surface area contributed by atoms with E-state index < -0.39 is 0 Å². The molecule has 1 aromatic carbocycles. The summed E-state index contributed by atoms with van der Waals surface area (Å²) in [5, 5.41) is 3.65. The zero-order valence-corrected chi connectivity index (χ0v) is 16.1. The van der Waals surface area contributed by atoms with Crippen LogP contribution in [0.5, 0.6) is 5.75 Å². The molecule has 0 aromatic heterocycles. The van der Waals surface area contributed by atoms with Crippen molar-refractivity contribution in [2.75, 3.05) is 33.3 Å². The maximum absolute atomic E-state index is 13.9. The number of piperidine rings is 1. The zero-order chi connectivity index (χ0) is 18.8. The SMILES string of the molecule is COc1ccc(CN2CCN(C(=O)CC3CC4CCC(C3)N4)CC2)cc1F. The molecule has 3 fully saturated rings. The maximum Gasteiger partial charge on any atom is 0.222 e. The summed E-state index contributed by atoms with van der Waals surface area (Å²) in [6.07, 6.45) is 5.58. The lowest BCUT2D eigenvalue weighted by molar-refractivity contribution is -0.134. The van der Waals surface area contributed by atoms with Crippen LogP contribution in [0.1, 0.15) is 37.7 Å². The molecule has 1 amide bonds. The molecule has 2 unspecified atom stereocenters. The van der Waals surface area contributed by atoms with E-state index in [1.807, 2.05) is 11.0 Å². The van der Waals surface area contributed by atoms with E-state index in [0.717, 1.165) is 44.6 Å². The van der Waals surface area contributed by atoms with E-state index in [1.54, 1.807) is 12.1 Å². The van der Waals surface area contributed by atoms with Crippen LogP contribution in [-0.4, -0.2) is 61.1 Å². The molecule has 148 valence electrons. The average molecular weight is 375 g/mol. The molecule has 2 atom stereocenters. The second-order valence-corrected chi connectivity index (χ2v) is 8.31. The van der Waals surface area contributed by atoms with Crippen LogP contribution >= 0.6 is 0 Å². The summed E-state index contributed by atoms with van der Waals surface area (Å²) in [5.74, 6) is 0.827. The lowest BCUT2D eigenvalue weighted by Gasteiger charge is -2.36. The van der Waals surface area contributed by atoms with Crippen LogP contribution in [0.4, 0.5) is 4.39 Å². The first kappa shape index (κ1) is 18.7. The third-order valence-corrected chi connectivity index (χ3v) is 6.38. The van der Waals surface area contributed by atoms with Gasteiger partial charge in [0.05, 0.1) is 7.11 Å². The molecule has 3 heterocycles. The zero-order valence-electron chi connectivity index (χ0n) is 16.1. The van der Waals surface area contributed by atoms with Gasteiger partial charge in [0.25, 0.3) is 0 Å². The monoisotopic (exact) mass is 375 g/mol. The number of rotatable bonds is 5. The number of amides is 1. The second kappa shape index (κ2) is 8.15. The number of carbonyl (C=O) groups excluding carboxylic acids is 1. The van der Waals surface area contributed by atoms with Crippen molar-refractivity contribution >= 4 is 5.91 Å². The number of piperazine rings is 1. The Balaban J connectivity index is 1.23. The third kappa shape index (κ3) is 4.43. The van der Waals surface area contributed by atoms with Gasteiger partial charge in [0.1, 0.15) is 0 Å². The molecule has 5 nitrogen and oxygen atoms in total. The number of halogens is 1. The molecule has 4 rings (SSSR count). The van der Waals surface area contributed by atoms with Crippen LogP contribution in [0.2, 0.25) is 0 Å². The van der Waals surface area contributed by atoms with Gasteiger partial charge in [-0.05, 0) is 49.3 Å². The fourth-order valence-corrected chi connectivity index (χ4v) is 4.94. The number of carbonyl (C=O) groups is 1. The van der Waals surface area contributed by atoms with Crippen molar-refractivity contribution in [1.29, 1.82) is 0 Å². The average Bonchev–Trinajstić information content (AvgIpc) is 3.01. The van der Waals surface area contributed by atoms with Crippen LogP contribution in [0, 0.1) is 11.7 Å². The number of methoxy groups -OCH3 is 1. The Morgan fingerprint density at radius 3 is 2.52 bits per heavy atom. The summed E-state index contributed by atoms with van der Waals surface area (Å²) < 4.78 is 18.8. The first-order valence-electron chi connectivity index (χ1n) is 10.2. The Labute approximate surface area is 160 Å². The van der Waals surface area contributed by atoms with Crippen molar-refractivity contribution in [3.63, 3.8) is 0 Å². The normalized spacial score (nSPS) is 28.4. The van der Waals surface area contributed by atoms with Gasteiger partial charge in [0, 0.05) is 51.2 Å². The van der Waals surface area contributed by atoms with E-state index in [-0.39, 0.29) is 11.6 Å². The molecule has 0 radical (unpaired) electrons. The minimum absolute atomic E-state index is 0.278. The van der Waals surface area contributed by atoms with E-state index in [4.69, 9.17) is 4.74 Å². The molecule has 0 aliphatic carbocycles. The standard InChI is InChI=1S/C21H30FN3O2/c1-27-20-5-2-15(12-19(20)22)14-24-6-8-25(9-7-24)21(26)13-16-10-17-3-4-18(11-16)23-17/h2,5,12,16-18,23H,3-4,6-11,13-14H2,1H3. The van der Waals surface area contributed by atoms with Gasteiger partial charge in [-0.25, -0.2) is 4.39 Å². The van der Waals surface area contributed by atoms with Crippen LogP contribution in [0.25, 0.3) is 0 Å². The summed E-state index contributed by atoms with van der Waals surface area (Å²) in [6.45, 7) is 3.94. The summed E-state index contributed by atoms with van der Waals surface area (Å²) in [6, 6.07) is 6.41. The van der Waals surface area contributed by atoms with Crippen molar-refractivity contribution in [1.82, 2.24) is 15.1 Å². The lowest BCUT2D eigenvalue weighted by Crippen LogP contribution is -2.49. The number of benzene rings is 1. The van der Waals surface area contributed by atoms with Crippen LogP contribution in [0.15, 0.2) is 18.2 Å². The van der Waals surface area contributed by atoms with Crippen molar-refractivity contribution in [3.05, 3.63) is 29.6 Å². The molecule has 0 spiro atoms. The molecule has 27 heavy (non-hydrogen) atoms. The number of nitrogens with one attached hydrogen (secondary N) is 1. The van der Waals surface area contributed by atoms with E-state index in [2.05, 4.69) is 10.2 Å². The van der Waals surface area contributed by atoms with Crippen molar-refractivity contribution in [2.45, 2.75) is 50.7 Å². The summed E-state index contributed by atoms with van der Waals surface area (Å²) in [7, 11) is 1.48. The van der Waals surface area contributed by atoms with Crippen LogP contribution in [-0.2, 0) is 11.3 Å². The molecular formula is C21H30FN3O2. The highest BCUT2D eigenvalue weighted by atomic mass is 19.1. The fourth-order valence-electron chi connectivity index (χ4n) is 4.94. The fraction of sp³-hybridized carbons (Fsp3) is 0.667. The number of hydrogen-bond acceptors (Lipinski definition) is 4. The first-order valence-corrected chi connectivity index (χ1v) is 10.2. The Morgan fingerprint density at radius 1 is 1.19 bits per heavy atom.